The van der Waals surface area contributed by atoms with Crippen LogP contribution in [-0.2, 0) is 0 Å². The van der Waals surface area contributed by atoms with E-state index in [9.17, 15) is 5.11 Å². The lowest BCUT2D eigenvalue weighted by molar-refractivity contribution is 0.0527. The summed E-state index contributed by atoms with van der Waals surface area (Å²) < 4.78 is 0. The zero-order valence-electron chi connectivity index (χ0n) is 12.1. The van der Waals surface area contributed by atoms with Crippen molar-refractivity contribution in [2.24, 2.45) is 5.92 Å². The maximum Gasteiger partial charge on any atom is 0.0942 e. The fourth-order valence-electron chi connectivity index (χ4n) is 2.24. The number of aliphatic hydroxyl groups excluding tert-OH is 1. The first kappa shape index (κ1) is 15.2. The van der Waals surface area contributed by atoms with Gasteiger partial charge in [-0.15, -0.1) is 0 Å². The average Bonchev–Trinajstić information content (AvgIpc) is 2.43. The first-order valence-corrected chi connectivity index (χ1v) is 7.07. The zero-order chi connectivity index (χ0) is 13.5. The van der Waals surface area contributed by atoms with Crippen molar-refractivity contribution >= 4 is 0 Å². The molecule has 3 unspecified atom stereocenters. The smallest absolute Gasteiger partial charge is 0.0942 e. The van der Waals surface area contributed by atoms with E-state index in [1.807, 2.05) is 30.3 Å². The Kier molecular flexibility index (Phi) is 6.37. The molecule has 0 amide bonds. The Morgan fingerprint density at radius 2 is 1.72 bits per heavy atom. The van der Waals surface area contributed by atoms with Crippen molar-refractivity contribution < 1.29 is 5.11 Å². The molecular weight excluding hydrogens is 222 g/mol. The molecule has 0 radical (unpaired) electrons. The summed E-state index contributed by atoms with van der Waals surface area (Å²) in [6, 6.07) is 10.1. The van der Waals surface area contributed by atoms with E-state index < -0.39 is 6.10 Å². The highest BCUT2D eigenvalue weighted by Gasteiger charge is 2.22. The van der Waals surface area contributed by atoms with Crippen molar-refractivity contribution in [3.63, 3.8) is 0 Å². The highest BCUT2D eigenvalue weighted by Crippen LogP contribution is 2.21. The van der Waals surface area contributed by atoms with Crippen LogP contribution in [0.4, 0.5) is 0 Å². The fourth-order valence-corrected chi connectivity index (χ4v) is 2.24. The maximum absolute atomic E-state index is 10.4. The number of likely N-dealkylation sites (N-methyl/N-ethyl adjacent to an activating group) is 1. The molecule has 0 bridgehead atoms. The van der Waals surface area contributed by atoms with Crippen LogP contribution in [0, 0.1) is 5.92 Å². The van der Waals surface area contributed by atoms with Gasteiger partial charge in [0.1, 0.15) is 0 Å². The number of hydrogen-bond acceptors (Lipinski definition) is 2. The highest BCUT2D eigenvalue weighted by atomic mass is 16.3. The molecule has 102 valence electrons. The largest absolute Gasteiger partial charge is 0.387 e. The Bertz CT molecular complexity index is 325. The second-order valence-corrected chi connectivity index (χ2v) is 5.20. The second-order valence-electron chi connectivity index (χ2n) is 5.20. The summed E-state index contributed by atoms with van der Waals surface area (Å²) in [7, 11) is 0. The van der Waals surface area contributed by atoms with Crippen LogP contribution in [0.15, 0.2) is 30.3 Å². The summed E-state index contributed by atoms with van der Waals surface area (Å²) >= 11 is 0. The van der Waals surface area contributed by atoms with E-state index in [0.717, 1.165) is 18.7 Å². The fraction of sp³-hybridized carbons (Fsp3) is 0.625. The topological polar surface area (TPSA) is 23.5 Å². The Balaban J connectivity index is 2.68. The molecule has 2 heteroatoms. The SMILES string of the molecule is CCC(C)CN(CC)C(C)C(O)c1ccccc1. The quantitative estimate of drug-likeness (QED) is 0.799. The van der Waals surface area contributed by atoms with Gasteiger partial charge in [0.15, 0.2) is 0 Å². The van der Waals surface area contributed by atoms with Crippen LogP contribution in [0.2, 0.25) is 0 Å². The van der Waals surface area contributed by atoms with E-state index in [1.165, 1.54) is 6.42 Å². The number of rotatable bonds is 7. The molecule has 1 N–H and O–H groups in total. The van der Waals surface area contributed by atoms with Crippen LogP contribution in [0.3, 0.4) is 0 Å². The zero-order valence-corrected chi connectivity index (χ0v) is 12.1. The lowest BCUT2D eigenvalue weighted by Crippen LogP contribution is -2.40. The molecule has 0 aliphatic rings. The van der Waals surface area contributed by atoms with E-state index in [1.54, 1.807) is 0 Å². The summed E-state index contributed by atoms with van der Waals surface area (Å²) in [6.07, 6.45) is 0.778. The van der Waals surface area contributed by atoms with Crippen molar-refractivity contribution in [2.45, 2.75) is 46.3 Å². The summed E-state index contributed by atoms with van der Waals surface area (Å²) in [5, 5.41) is 10.4. The minimum absolute atomic E-state index is 0.159. The third kappa shape index (κ3) is 4.11. The first-order chi connectivity index (χ1) is 8.60. The van der Waals surface area contributed by atoms with Crippen LogP contribution in [0.1, 0.15) is 45.8 Å². The van der Waals surface area contributed by atoms with Crippen molar-refractivity contribution in [3.05, 3.63) is 35.9 Å². The van der Waals surface area contributed by atoms with Gasteiger partial charge in [-0.1, -0.05) is 57.5 Å². The summed E-state index contributed by atoms with van der Waals surface area (Å²) in [5.74, 6) is 0.676. The lowest BCUT2D eigenvalue weighted by atomic mass is 10.0. The van der Waals surface area contributed by atoms with Crippen LogP contribution >= 0.6 is 0 Å². The van der Waals surface area contributed by atoms with E-state index >= 15 is 0 Å². The van der Waals surface area contributed by atoms with E-state index in [2.05, 4.69) is 32.6 Å². The molecule has 1 aromatic rings. The van der Waals surface area contributed by atoms with Gasteiger partial charge in [0, 0.05) is 12.6 Å². The molecule has 18 heavy (non-hydrogen) atoms. The molecular formula is C16H27NO. The van der Waals surface area contributed by atoms with Crippen LogP contribution in [0.25, 0.3) is 0 Å². The normalized spacial score (nSPS) is 16.6. The van der Waals surface area contributed by atoms with Gasteiger partial charge in [0.25, 0.3) is 0 Å². The van der Waals surface area contributed by atoms with Crippen LogP contribution in [0.5, 0.6) is 0 Å². The van der Waals surface area contributed by atoms with Gasteiger partial charge >= 0.3 is 0 Å². The van der Waals surface area contributed by atoms with Crippen molar-refractivity contribution in [2.75, 3.05) is 13.1 Å². The van der Waals surface area contributed by atoms with E-state index in [0.29, 0.717) is 5.92 Å². The van der Waals surface area contributed by atoms with Crippen molar-refractivity contribution in [3.8, 4) is 0 Å². The van der Waals surface area contributed by atoms with Gasteiger partial charge in [-0.25, -0.2) is 0 Å². The van der Waals surface area contributed by atoms with Gasteiger partial charge in [0.05, 0.1) is 6.10 Å². The standard InChI is InChI=1S/C16H27NO/c1-5-13(3)12-17(6-2)14(4)16(18)15-10-8-7-9-11-15/h7-11,13-14,16,18H,5-6,12H2,1-4H3. The molecule has 2 nitrogen and oxygen atoms in total. The summed E-state index contributed by atoms with van der Waals surface area (Å²) in [5.41, 5.74) is 1.01. The Hall–Kier alpha value is -0.860. The second kappa shape index (κ2) is 7.55. The van der Waals surface area contributed by atoms with Crippen LogP contribution < -0.4 is 0 Å². The first-order valence-electron chi connectivity index (χ1n) is 7.07. The minimum atomic E-state index is -0.407. The number of hydrogen-bond donors (Lipinski definition) is 1. The summed E-state index contributed by atoms with van der Waals surface area (Å²) in [4.78, 5) is 2.37. The maximum atomic E-state index is 10.4. The average molecular weight is 249 g/mol. The summed E-state index contributed by atoms with van der Waals surface area (Å²) in [6.45, 7) is 10.8. The molecule has 0 saturated heterocycles. The molecule has 0 saturated carbocycles. The predicted octanol–water partition coefficient (Wildman–Crippen LogP) is 3.48. The number of nitrogens with zero attached hydrogens (tertiary/aromatic N) is 1. The van der Waals surface area contributed by atoms with Crippen molar-refractivity contribution in [1.82, 2.24) is 4.90 Å². The van der Waals surface area contributed by atoms with Gasteiger partial charge in [-0.3, -0.25) is 4.90 Å². The molecule has 0 spiro atoms. The van der Waals surface area contributed by atoms with E-state index in [4.69, 9.17) is 0 Å². The van der Waals surface area contributed by atoms with Gasteiger partial charge < -0.3 is 5.11 Å². The molecule has 0 aliphatic carbocycles. The molecule has 1 rings (SSSR count). The molecule has 3 atom stereocenters. The van der Waals surface area contributed by atoms with Gasteiger partial charge in [-0.2, -0.15) is 0 Å². The van der Waals surface area contributed by atoms with Crippen molar-refractivity contribution in [1.29, 1.82) is 0 Å². The Morgan fingerprint density at radius 3 is 2.22 bits per heavy atom. The lowest BCUT2D eigenvalue weighted by Gasteiger charge is -2.33. The molecule has 0 heterocycles. The predicted molar refractivity (Wildman–Crippen MR) is 77.6 cm³/mol. The third-order valence-corrected chi connectivity index (χ3v) is 3.82. The minimum Gasteiger partial charge on any atom is -0.387 e. The Morgan fingerprint density at radius 1 is 1.11 bits per heavy atom. The molecule has 0 aliphatic heterocycles. The number of benzene rings is 1. The third-order valence-electron chi connectivity index (χ3n) is 3.82. The van der Waals surface area contributed by atoms with Gasteiger partial charge in [-0.05, 0) is 24.9 Å². The van der Waals surface area contributed by atoms with E-state index in [-0.39, 0.29) is 6.04 Å². The Labute approximate surface area is 112 Å². The van der Waals surface area contributed by atoms with Crippen LogP contribution in [-0.4, -0.2) is 29.1 Å². The van der Waals surface area contributed by atoms with Gasteiger partial charge in [0.2, 0.25) is 0 Å². The monoisotopic (exact) mass is 249 g/mol. The molecule has 1 aromatic carbocycles. The highest BCUT2D eigenvalue weighted by molar-refractivity contribution is 5.18. The molecule has 0 fully saturated rings. The number of aliphatic hydroxyl groups is 1. The molecule has 0 aromatic heterocycles.